The topological polar surface area (TPSA) is 88.2 Å². The molecule has 6 nitrogen and oxygen atoms in total. The van der Waals surface area contributed by atoms with E-state index in [1.165, 1.54) is 0 Å². The number of nitrogens with one attached hydrogen (secondary N) is 2. The van der Waals surface area contributed by atoms with E-state index < -0.39 is 21.0 Å². The molecule has 0 radical (unpaired) electrons. The molecule has 2 rings (SSSR count). The Balaban J connectivity index is 2.05. The Hall–Kier alpha value is -1.34. The molecule has 1 saturated heterocycles. The number of carbonyl (C=O) groups is 1. The number of amides is 1. The Bertz CT molecular complexity index is 634. The Morgan fingerprint density at radius 2 is 2.24 bits per heavy atom. The van der Waals surface area contributed by atoms with E-state index >= 15 is 0 Å². The van der Waals surface area contributed by atoms with Crippen LogP contribution >= 0.6 is 11.6 Å². The van der Waals surface area contributed by atoms with Crippen molar-refractivity contribution < 1.29 is 13.2 Å². The Labute approximate surface area is 129 Å². The van der Waals surface area contributed by atoms with E-state index in [4.69, 9.17) is 11.6 Å². The molecule has 1 fully saturated rings. The summed E-state index contributed by atoms with van der Waals surface area (Å²) < 4.78 is 23.4. The van der Waals surface area contributed by atoms with Crippen LogP contribution in [0.5, 0.6) is 0 Å². The predicted molar refractivity (Wildman–Crippen MR) is 82.6 cm³/mol. The number of aromatic nitrogens is 1. The third-order valence-corrected chi connectivity index (χ3v) is 5.95. The van der Waals surface area contributed by atoms with E-state index in [0.29, 0.717) is 25.2 Å². The van der Waals surface area contributed by atoms with E-state index in [-0.39, 0.29) is 23.0 Å². The molecule has 1 amide bonds. The van der Waals surface area contributed by atoms with Crippen LogP contribution in [0.15, 0.2) is 12.1 Å². The van der Waals surface area contributed by atoms with Gasteiger partial charge in [0.15, 0.2) is 9.84 Å². The van der Waals surface area contributed by atoms with Gasteiger partial charge in [-0.05, 0) is 31.9 Å². The van der Waals surface area contributed by atoms with Gasteiger partial charge in [-0.15, -0.1) is 0 Å². The number of hydrogen-bond acceptors (Lipinski definition) is 5. The van der Waals surface area contributed by atoms with Crippen molar-refractivity contribution in [2.75, 3.05) is 24.2 Å². The van der Waals surface area contributed by atoms with Crippen molar-refractivity contribution in [2.24, 2.45) is 0 Å². The van der Waals surface area contributed by atoms with E-state index in [1.807, 2.05) is 6.92 Å². The van der Waals surface area contributed by atoms with Crippen LogP contribution in [0.4, 0.5) is 5.82 Å². The monoisotopic (exact) mass is 331 g/mol. The molecule has 0 aliphatic carbocycles. The van der Waals surface area contributed by atoms with Crippen LogP contribution < -0.4 is 10.6 Å². The third-order valence-electron chi connectivity index (χ3n) is 3.37. The second kappa shape index (κ2) is 6.62. The van der Waals surface area contributed by atoms with Crippen molar-refractivity contribution in [3.05, 3.63) is 22.8 Å². The third kappa shape index (κ3) is 3.85. The number of sulfone groups is 1. The Morgan fingerprint density at radius 1 is 1.48 bits per heavy atom. The van der Waals surface area contributed by atoms with Crippen LogP contribution in [0.3, 0.4) is 0 Å². The summed E-state index contributed by atoms with van der Waals surface area (Å²) in [5, 5.41) is 5.35. The van der Waals surface area contributed by atoms with Crippen LogP contribution in [-0.2, 0) is 9.84 Å². The maximum absolute atomic E-state index is 12.1. The van der Waals surface area contributed by atoms with Crippen LogP contribution in [0, 0.1) is 0 Å². The van der Waals surface area contributed by atoms with Gasteiger partial charge in [0.1, 0.15) is 11.5 Å². The zero-order chi connectivity index (χ0) is 15.5. The highest BCUT2D eigenvalue weighted by molar-refractivity contribution is 7.92. The lowest BCUT2D eigenvalue weighted by molar-refractivity contribution is 0.0949. The summed E-state index contributed by atoms with van der Waals surface area (Å²) in [5.74, 6) is 0.296. The lowest BCUT2D eigenvalue weighted by Crippen LogP contribution is -2.35. The summed E-state index contributed by atoms with van der Waals surface area (Å²) in [4.78, 5) is 16.2. The first kappa shape index (κ1) is 16.0. The van der Waals surface area contributed by atoms with Gasteiger partial charge in [0.2, 0.25) is 0 Å². The van der Waals surface area contributed by atoms with Gasteiger partial charge in [-0.2, -0.15) is 0 Å². The lowest BCUT2D eigenvalue weighted by atomic mass is 10.2. The van der Waals surface area contributed by atoms with Gasteiger partial charge in [0, 0.05) is 13.1 Å². The summed E-state index contributed by atoms with van der Waals surface area (Å²) in [6, 6.07) is 3.28. The first-order valence-corrected chi connectivity index (χ1v) is 8.93. The summed E-state index contributed by atoms with van der Waals surface area (Å²) in [6.45, 7) is 2.70. The van der Waals surface area contributed by atoms with Gasteiger partial charge in [0.05, 0.1) is 16.0 Å². The highest BCUT2D eigenvalue weighted by atomic mass is 35.5. The van der Waals surface area contributed by atoms with Gasteiger partial charge < -0.3 is 10.6 Å². The number of rotatable bonds is 5. The average molecular weight is 332 g/mol. The molecule has 2 heterocycles. The molecule has 1 aromatic rings. The maximum Gasteiger partial charge on any atom is 0.271 e. The number of anilines is 1. The SMILES string of the molecule is CCNc1ccc(Cl)c(C(=O)NCC2CCCS2(=O)=O)n1. The zero-order valence-corrected chi connectivity index (χ0v) is 13.3. The molecule has 0 bridgehead atoms. The molecule has 0 spiro atoms. The molecular formula is C13H18ClN3O3S. The van der Waals surface area contributed by atoms with Crippen molar-refractivity contribution in [2.45, 2.75) is 25.0 Å². The van der Waals surface area contributed by atoms with Gasteiger partial charge in [-0.3, -0.25) is 4.79 Å². The van der Waals surface area contributed by atoms with Crippen molar-refractivity contribution in [3.63, 3.8) is 0 Å². The highest BCUT2D eigenvalue weighted by Crippen LogP contribution is 2.20. The highest BCUT2D eigenvalue weighted by Gasteiger charge is 2.31. The van der Waals surface area contributed by atoms with Gasteiger partial charge in [-0.25, -0.2) is 13.4 Å². The molecule has 1 unspecified atom stereocenters. The number of halogens is 1. The minimum absolute atomic E-state index is 0.102. The molecule has 116 valence electrons. The molecule has 1 aliphatic heterocycles. The van der Waals surface area contributed by atoms with Crippen molar-refractivity contribution >= 4 is 33.2 Å². The predicted octanol–water partition coefficient (Wildman–Crippen LogP) is 1.47. The normalized spacial score (nSPS) is 20.2. The maximum atomic E-state index is 12.1. The van der Waals surface area contributed by atoms with Crippen LogP contribution in [0.1, 0.15) is 30.3 Å². The fourth-order valence-corrected chi connectivity index (χ4v) is 4.22. The van der Waals surface area contributed by atoms with Crippen LogP contribution in [0.2, 0.25) is 5.02 Å². The number of nitrogens with zero attached hydrogens (tertiary/aromatic N) is 1. The molecular weight excluding hydrogens is 314 g/mol. The van der Waals surface area contributed by atoms with E-state index in [1.54, 1.807) is 12.1 Å². The Morgan fingerprint density at radius 3 is 2.86 bits per heavy atom. The molecule has 0 saturated carbocycles. The first-order chi connectivity index (χ1) is 9.94. The van der Waals surface area contributed by atoms with Crippen LogP contribution in [0.25, 0.3) is 0 Å². The minimum atomic E-state index is -3.07. The fraction of sp³-hybridized carbons (Fsp3) is 0.538. The fourth-order valence-electron chi connectivity index (χ4n) is 2.26. The summed E-state index contributed by atoms with van der Waals surface area (Å²) >= 11 is 5.97. The van der Waals surface area contributed by atoms with Crippen molar-refractivity contribution in [1.29, 1.82) is 0 Å². The molecule has 0 aromatic carbocycles. The zero-order valence-electron chi connectivity index (χ0n) is 11.7. The summed E-state index contributed by atoms with van der Waals surface area (Å²) in [6.07, 6.45) is 1.24. The number of carbonyl (C=O) groups excluding carboxylic acids is 1. The average Bonchev–Trinajstić information content (AvgIpc) is 2.77. The molecule has 2 N–H and O–H groups in total. The second-order valence-electron chi connectivity index (χ2n) is 4.90. The molecule has 1 aliphatic rings. The smallest absolute Gasteiger partial charge is 0.271 e. The van der Waals surface area contributed by atoms with Crippen molar-refractivity contribution in [3.8, 4) is 0 Å². The van der Waals surface area contributed by atoms with E-state index in [0.717, 1.165) is 0 Å². The van der Waals surface area contributed by atoms with Gasteiger partial charge >= 0.3 is 0 Å². The molecule has 1 aromatic heterocycles. The van der Waals surface area contributed by atoms with Crippen molar-refractivity contribution in [1.82, 2.24) is 10.3 Å². The van der Waals surface area contributed by atoms with Gasteiger partial charge in [-0.1, -0.05) is 11.6 Å². The molecule has 8 heteroatoms. The summed E-state index contributed by atoms with van der Waals surface area (Å²) in [5.41, 5.74) is 0.102. The quantitative estimate of drug-likeness (QED) is 0.853. The lowest BCUT2D eigenvalue weighted by Gasteiger charge is -2.12. The van der Waals surface area contributed by atoms with Crippen LogP contribution in [-0.4, -0.2) is 43.4 Å². The van der Waals surface area contributed by atoms with E-state index in [2.05, 4.69) is 15.6 Å². The Kier molecular flexibility index (Phi) is 5.05. The number of pyridine rings is 1. The molecule has 21 heavy (non-hydrogen) atoms. The number of hydrogen-bond donors (Lipinski definition) is 2. The summed E-state index contributed by atoms with van der Waals surface area (Å²) in [7, 11) is -3.07. The van der Waals surface area contributed by atoms with Gasteiger partial charge in [0.25, 0.3) is 5.91 Å². The second-order valence-corrected chi connectivity index (χ2v) is 7.71. The molecule has 1 atom stereocenters. The standard InChI is InChI=1S/C13H18ClN3O3S/c1-2-15-11-6-5-10(14)12(17-11)13(18)16-8-9-4-3-7-21(9,19)20/h5-6,9H,2-4,7-8H2,1H3,(H,15,17)(H,16,18). The largest absolute Gasteiger partial charge is 0.370 e. The van der Waals surface area contributed by atoms with E-state index in [9.17, 15) is 13.2 Å². The minimum Gasteiger partial charge on any atom is -0.370 e. The first-order valence-electron chi connectivity index (χ1n) is 6.84.